The molecule has 1 aliphatic heterocycles. The first kappa shape index (κ1) is 16.4. The highest BCUT2D eigenvalue weighted by molar-refractivity contribution is 5.96. The van der Waals surface area contributed by atoms with Crippen LogP contribution < -0.4 is 10.5 Å². The molecule has 0 radical (unpaired) electrons. The number of carbonyl (C=O) groups excluding carboxylic acids is 1. The van der Waals surface area contributed by atoms with Crippen molar-refractivity contribution in [2.45, 2.75) is 6.92 Å². The van der Waals surface area contributed by atoms with E-state index in [9.17, 15) is 9.59 Å². The Morgan fingerprint density at radius 1 is 0.962 bits per heavy atom. The fourth-order valence-electron chi connectivity index (χ4n) is 3.37. The number of hydrogen-bond acceptors (Lipinski definition) is 4. The Kier molecular flexibility index (Phi) is 4.21. The van der Waals surface area contributed by atoms with Crippen LogP contribution in [0.4, 0.5) is 5.69 Å². The van der Waals surface area contributed by atoms with Gasteiger partial charge in [0.05, 0.1) is 0 Å². The maximum atomic E-state index is 12.8. The quantitative estimate of drug-likeness (QED) is 0.668. The van der Waals surface area contributed by atoms with Crippen LogP contribution in [0.2, 0.25) is 0 Å². The molecule has 0 unspecified atom stereocenters. The number of aryl methyl sites for hydroxylation is 1. The summed E-state index contributed by atoms with van der Waals surface area (Å²) in [6.45, 7) is 4.72. The molecule has 2 heterocycles. The van der Waals surface area contributed by atoms with Gasteiger partial charge in [-0.3, -0.25) is 4.79 Å². The molecule has 1 saturated heterocycles. The number of piperazine rings is 1. The molecule has 0 atom stereocenters. The van der Waals surface area contributed by atoms with E-state index in [4.69, 9.17) is 4.42 Å². The fraction of sp³-hybridized carbons (Fsp3) is 0.238. The predicted octanol–water partition coefficient (Wildman–Crippen LogP) is 3.06. The van der Waals surface area contributed by atoms with E-state index in [0.29, 0.717) is 18.7 Å². The lowest BCUT2D eigenvalue weighted by molar-refractivity contribution is 0.0742. The summed E-state index contributed by atoms with van der Waals surface area (Å²) in [6, 6.07) is 17.2. The first-order valence-electron chi connectivity index (χ1n) is 8.75. The van der Waals surface area contributed by atoms with E-state index in [2.05, 4.69) is 30.0 Å². The van der Waals surface area contributed by atoms with E-state index in [-0.39, 0.29) is 11.5 Å². The molecule has 0 aliphatic carbocycles. The van der Waals surface area contributed by atoms with Crippen molar-refractivity contribution >= 4 is 22.6 Å². The van der Waals surface area contributed by atoms with Crippen LogP contribution in [0.5, 0.6) is 0 Å². The standard InChI is InChI=1S/C21H20N2O3/c1-15-5-4-7-17(13-15)22-9-11-23(12-10-22)20(24)18-14-16-6-2-3-8-19(16)26-21(18)25/h2-8,13-14H,9-12H2,1H3. The van der Waals surface area contributed by atoms with Crippen molar-refractivity contribution in [3.05, 3.63) is 76.1 Å². The molecule has 0 spiro atoms. The van der Waals surface area contributed by atoms with Gasteiger partial charge in [0.2, 0.25) is 0 Å². The van der Waals surface area contributed by atoms with Gasteiger partial charge in [0, 0.05) is 37.3 Å². The van der Waals surface area contributed by atoms with E-state index in [1.165, 1.54) is 11.3 Å². The molecule has 1 amide bonds. The van der Waals surface area contributed by atoms with Gasteiger partial charge in [-0.25, -0.2) is 4.79 Å². The van der Waals surface area contributed by atoms with Gasteiger partial charge >= 0.3 is 5.63 Å². The maximum absolute atomic E-state index is 12.8. The summed E-state index contributed by atoms with van der Waals surface area (Å²) in [6.07, 6.45) is 0. The normalized spacial score (nSPS) is 14.7. The van der Waals surface area contributed by atoms with Crippen molar-refractivity contribution in [1.82, 2.24) is 4.90 Å². The largest absolute Gasteiger partial charge is 0.422 e. The molecular formula is C21H20N2O3. The molecule has 0 saturated carbocycles. The Labute approximate surface area is 151 Å². The molecule has 2 aromatic carbocycles. The number of carbonyl (C=O) groups is 1. The van der Waals surface area contributed by atoms with Gasteiger partial charge < -0.3 is 14.2 Å². The zero-order chi connectivity index (χ0) is 18.1. The van der Waals surface area contributed by atoms with E-state index in [1.807, 2.05) is 18.2 Å². The summed E-state index contributed by atoms with van der Waals surface area (Å²) in [5.41, 5.74) is 2.41. The zero-order valence-electron chi connectivity index (χ0n) is 14.6. The second-order valence-electron chi connectivity index (χ2n) is 6.60. The molecular weight excluding hydrogens is 328 g/mol. The molecule has 3 aromatic rings. The van der Waals surface area contributed by atoms with Gasteiger partial charge in [0.1, 0.15) is 11.1 Å². The predicted molar refractivity (Wildman–Crippen MR) is 102 cm³/mol. The van der Waals surface area contributed by atoms with E-state index >= 15 is 0 Å². The van der Waals surface area contributed by atoms with Gasteiger partial charge in [-0.15, -0.1) is 0 Å². The Hall–Kier alpha value is -3.08. The molecule has 4 rings (SSSR count). The first-order valence-corrected chi connectivity index (χ1v) is 8.75. The molecule has 0 bridgehead atoms. The number of para-hydroxylation sites is 1. The van der Waals surface area contributed by atoms with Crippen molar-refractivity contribution in [2.24, 2.45) is 0 Å². The number of anilines is 1. The Bertz CT molecular complexity index is 1020. The average molecular weight is 348 g/mol. The second kappa shape index (κ2) is 6.67. The third kappa shape index (κ3) is 3.08. The summed E-state index contributed by atoms with van der Waals surface area (Å²) in [7, 11) is 0. The second-order valence-corrected chi connectivity index (χ2v) is 6.60. The van der Waals surface area contributed by atoms with Crippen molar-refractivity contribution in [1.29, 1.82) is 0 Å². The summed E-state index contributed by atoms with van der Waals surface area (Å²) in [5, 5.41) is 0.758. The van der Waals surface area contributed by atoms with Crippen molar-refractivity contribution < 1.29 is 9.21 Å². The maximum Gasteiger partial charge on any atom is 0.349 e. The van der Waals surface area contributed by atoms with Crippen molar-refractivity contribution in [3.63, 3.8) is 0 Å². The van der Waals surface area contributed by atoms with Crippen LogP contribution in [0, 0.1) is 6.92 Å². The summed E-state index contributed by atoms with van der Waals surface area (Å²) >= 11 is 0. The smallest absolute Gasteiger partial charge is 0.349 e. The average Bonchev–Trinajstić information content (AvgIpc) is 2.67. The van der Waals surface area contributed by atoms with Crippen LogP contribution in [-0.2, 0) is 0 Å². The number of rotatable bonds is 2. The minimum atomic E-state index is -0.574. The van der Waals surface area contributed by atoms with Gasteiger partial charge in [-0.2, -0.15) is 0 Å². The number of benzene rings is 2. The van der Waals surface area contributed by atoms with E-state index in [0.717, 1.165) is 18.5 Å². The molecule has 0 N–H and O–H groups in total. The number of nitrogens with zero attached hydrogens (tertiary/aromatic N) is 2. The van der Waals surface area contributed by atoms with Gasteiger partial charge in [0.25, 0.3) is 5.91 Å². The van der Waals surface area contributed by atoms with Crippen LogP contribution in [0.3, 0.4) is 0 Å². The lowest BCUT2D eigenvalue weighted by Gasteiger charge is -2.36. The molecule has 5 nitrogen and oxygen atoms in total. The minimum absolute atomic E-state index is 0.104. The van der Waals surface area contributed by atoms with Crippen molar-refractivity contribution in [3.8, 4) is 0 Å². The third-order valence-electron chi connectivity index (χ3n) is 4.81. The van der Waals surface area contributed by atoms with Crippen molar-refractivity contribution in [2.75, 3.05) is 31.1 Å². The lowest BCUT2D eigenvalue weighted by Crippen LogP contribution is -2.49. The molecule has 1 aliphatic rings. The number of amides is 1. The molecule has 26 heavy (non-hydrogen) atoms. The molecule has 1 aromatic heterocycles. The minimum Gasteiger partial charge on any atom is -0.422 e. The topological polar surface area (TPSA) is 53.8 Å². The highest BCUT2D eigenvalue weighted by atomic mass is 16.4. The number of hydrogen-bond donors (Lipinski definition) is 0. The van der Waals surface area contributed by atoms with E-state index < -0.39 is 5.63 Å². The Morgan fingerprint density at radius 3 is 2.50 bits per heavy atom. The third-order valence-corrected chi connectivity index (χ3v) is 4.81. The lowest BCUT2D eigenvalue weighted by atomic mass is 10.1. The van der Waals surface area contributed by atoms with Crippen LogP contribution in [0.25, 0.3) is 11.0 Å². The highest BCUT2D eigenvalue weighted by Crippen LogP contribution is 2.19. The Balaban J connectivity index is 1.52. The molecule has 5 heteroatoms. The first-order chi connectivity index (χ1) is 12.6. The fourth-order valence-corrected chi connectivity index (χ4v) is 3.37. The van der Waals surface area contributed by atoms with Gasteiger partial charge in [-0.05, 0) is 36.8 Å². The Morgan fingerprint density at radius 2 is 1.73 bits per heavy atom. The molecule has 1 fully saturated rings. The van der Waals surface area contributed by atoms with Crippen LogP contribution in [0.1, 0.15) is 15.9 Å². The molecule has 132 valence electrons. The van der Waals surface area contributed by atoms with Gasteiger partial charge in [0.15, 0.2) is 0 Å². The highest BCUT2D eigenvalue weighted by Gasteiger charge is 2.25. The van der Waals surface area contributed by atoms with E-state index in [1.54, 1.807) is 23.1 Å². The summed E-state index contributed by atoms with van der Waals surface area (Å²) < 4.78 is 5.29. The summed E-state index contributed by atoms with van der Waals surface area (Å²) in [4.78, 5) is 29.0. The van der Waals surface area contributed by atoms with Crippen LogP contribution in [0.15, 0.2) is 63.8 Å². The van der Waals surface area contributed by atoms with Gasteiger partial charge in [-0.1, -0.05) is 30.3 Å². The SMILES string of the molecule is Cc1cccc(N2CCN(C(=O)c3cc4ccccc4oc3=O)CC2)c1. The monoisotopic (exact) mass is 348 g/mol. The summed E-state index contributed by atoms with van der Waals surface area (Å²) in [5.74, 6) is -0.256. The number of fused-ring (bicyclic) bond motifs is 1. The van der Waals surface area contributed by atoms with Crippen LogP contribution >= 0.6 is 0 Å². The zero-order valence-corrected chi connectivity index (χ0v) is 14.6. The van der Waals surface area contributed by atoms with Crippen LogP contribution in [-0.4, -0.2) is 37.0 Å².